The summed E-state index contributed by atoms with van der Waals surface area (Å²) in [5.74, 6) is 0. The number of hydrogen-bond donors (Lipinski definition) is 0. The van der Waals surface area contributed by atoms with Crippen molar-refractivity contribution in [3.05, 3.63) is 82.9 Å². The van der Waals surface area contributed by atoms with Crippen LogP contribution in [0.1, 0.15) is 23.1 Å². The standard InChI is InChI=1S/C23H26N2.BrH.H2O/c1-24(2)14-8-15-25-16-13-20-19-11-6-7-12-21(19)23(22(20)17-25)18-9-4-3-5-10-18;;/h3-7,9-13H,8,14-17H2,1-2H3;1H;1H2. The van der Waals surface area contributed by atoms with Crippen molar-refractivity contribution in [3.8, 4) is 0 Å². The maximum absolute atomic E-state index is 2.58. The Kier molecular flexibility index (Phi) is 7.57. The first-order valence-corrected chi connectivity index (χ1v) is 9.20. The molecule has 0 amide bonds. The molecular formula is C23H29BrN2O. The van der Waals surface area contributed by atoms with E-state index in [2.05, 4.69) is 84.6 Å². The molecule has 2 aromatic carbocycles. The van der Waals surface area contributed by atoms with Crippen LogP contribution in [0.3, 0.4) is 0 Å². The SMILES string of the molecule is Br.CN(C)CCCN1CC=C2C(=C(c3ccccc3)c3ccccc32)C1.O. The van der Waals surface area contributed by atoms with Crippen molar-refractivity contribution in [2.24, 2.45) is 0 Å². The highest BCUT2D eigenvalue weighted by Gasteiger charge is 2.30. The highest BCUT2D eigenvalue weighted by Crippen LogP contribution is 2.45. The van der Waals surface area contributed by atoms with Gasteiger partial charge in [0.15, 0.2) is 0 Å². The molecule has 4 heteroatoms. The van der Waals surface area contributed by atoms with Gasteiger partial charge in [-0.15, -0.1) is 17.0 Å². The molecule has 2 aliphatic rings. The summed E-state index contributed by atoms with van der Waals surface area (Å²) in [5, 5.41) is 0. The van der Waals surface area contributed by atoms with Crippen LogP contribution in [0.15, 0.2) is 66.2 Å². The van der Waals surface area contributed by atoms with Gasteiger partial charge in [0.05, 0.1) is 0 Å². The molecule has 1 heterocycles. The maximum Gasteiger partial charge on any atom is 0.0249 e. The van der Waals surface area contributed by atoms with Crippen molar-refractivity contribution < 1.29 is 5.48 Å². The Morgan fingerprint density at radius 1 is 0.926 bits per heavy atom. The third-order valence-corrected chi connectivity index (χ3v) is 5.19. The van der Waals surface area contributed by atoms with Crippen LogP contribution in [0.4, 0.5) is 0 Å². The summed E-state index contributed by atoms with van der Waals surface area (Å²) in [6.07, 6.45) is 3.65. The normalized spacial score (nSPS) is 15.6. The Labute approximate surface area is 173 Å². The average Bonchev–Trinajstić information content (AvgIpc) is 2.96. The first-order chi connectivity index (χ1) is 12.2. The highest BCUT2D eigenvalue weighted by atomic mass is 79.9. The van der Waals surface area contributed by atoms with Gasteiger partial charge >= 0.3 is 0 Å². The van der Waals surface area contributed by atoms with E-state index in [1.54, 1.807) is 0 Å². The van der Waals surface area contributed by atoms with Crippen LogP contribution in [0.2, 0.25) is 0 Å². The molecule has 4 rings (SSSR count). The van der Waals surface area contributed by atoms with Gasteiger partial charge in [-0.05, 0) is 60.5 Å². The van der Waals surface area contributed by atoms with Gasteiger partial charge in [-0.25, -0.2) is 0 Å². The first kappa shape index (κ1) is 21.6. The largest absolute Gasteiger partial charge is 0.412 e. The molecule has 2 N–H and O–H groups in total. The molecule has 27 heavy (non-hydrogen) atoms. The van der Waals surface area contributed by atoms with Crippen molar-refractivity contribution in [1.82, 2.24) is 9.80 Å². The molecule has 2 aromatic rings. The molecule has 3 nitrogen and oxygen atoms in total. The third kappa shape index (κ3) is 4.41. The van der Waals surface area contributed by atoms with Gasteiger partial charge in [-0.3, -0.25) is 4.90 Å². The number of nitrogens with zero attached hydrogens (tertiary/aromatic N) is 2. The molecule has 0 fully saturated rings. The number of fused-ring (bicyclic) bond motifs is 3. The van der Waals surface area contributed by atoms with Gasteiger partial charge in [0, 0.05) is 19.6 Å². The fraction of sp³-hybridized carbons (Fsp3) is 0.304. The third-order valence-electron chi connectivity index (χ3n) is 5.19. The van der Waals surface area contributed by atoms with Crippen molar-refractivity contribution in [3.63, 3.8) is 0 Å². The van der Waals surface area contributed by atoms with E-state index < -0.39 is 0 Å². The summed E-state index contributed by atoms with van der Waals surface area (Å²) >= 11 is 0. The van der Waals surface area contributed by atoms with Crippen LogP contribution in [0, 0.1) is 0 Å². The summed E-state index contributed by atoms with van der Waals surface area (Å²) in [6.45, 7) is 4.42. The predicted octanol–water partition coefficient (Wildman–Crippen LogP) is 3.91. The second-order valence-electron chi connectivity index (χ2n) is 7.27. The van der Waals surface area contributed by atoms with Crippen molar-refractivity contribution >= 4 is 28.1 Å². The molecule has 0 spiro atoms. The van der Waals surface area contributed by atoms with E-state index in [9.17, 15) is 0 Å². The van der Waals surface area contributed by atoms with Gasteiger partial charge in [0.1, 0.15) is 0 Å². The second kappa shape index (κ2) is 9.47. The van der Waals surface area contributed by atoms with Crippen LogP contribution < -0.4 is 0 Å². The number of hydrogen-bond acceptors (Lipinski definition) is 2. The molecule has 1 aliphatic carbocycles. The number of halogens is 1. The quantitative estimate of drug-likeness (QED) is 0.723. The lowest BCUT2D eigenvalue weighted by Crippen LogP contribution is -2.32. The Balaban J connectivity index is 0.00000131. The zero-order chi connectivity index (χ0) is 17.2. The van der Waals surface area contributed by atoms with Gasteiger partial charge in [-0.2, -0.15) is 0 Å². The Morgan fingerprint density at radius 3 is 2.30 bits per heavy atom. The van der Waals surface area contributed by atoms with E-state index >= 15 is 0 Å². The molecule has 0 saturated carbocycles. The molecule has 144 valence electrons. The van der Waals surface area contributed by atoms with Crippen LogP contribution in [-0.4, -0.2) is 55.6 Å². The fourth-order valence-electron chi connectivity index (χ4n) is 4.02. The van der Waals surface area contributed by atoms with Gasteiger partial charge in [-0.1, -0.05) is 60.7 Å². The van der Waals surface area contributed by atoms with E-state index in [4.69, 9.17) is 0 Å². The van der Waals surface area contributed by atoms with Crippen molar-refractivity contribution in [2.45, 2.75) is 6.42 Å². The van der Waals surface area contributed by atoms with Crippen molar-refractivity contribution in [2.75, 3.05) is 40.3 Å². The van der Waals surface area contributed by atoms with E-state index in [1.165, 1.54) is 39.8 Å². The molecule has 0 radical (unpaired) electrons. The van der Waals surface area contributed by atoms with Crippen LogP contribution in [0.5, 0.6) is 0 Å². The van der Waals surface area contributed by atoms with Gasteiger partial charge < -0.3 is 10.4 Å². The lowest BCUT2D eigenvalue weighted by atomic mass is 9.96. The molecular weight excluding hydrogens is 400 g/mol. The molecule has 0 bridgehead atoms. The Hall–Kier alpha value is -1.72. The Morgan fingerprint density at radius 2 is 1.59 bits per heavy atom. The minimum atomic E-state index is 0. The summed E-state index contributed by atoms with van der Waals surface area (Å²) < 4.78 is 0. The Bertz CT molecular complexity index is 827. The summed E-state index contributed by atoms with van der Waals surface area (Å²) in [5.41, 5.74) is 8.53. The molecule has 0 aromatic heterocycles. The predicted molar refractivity (Wildman–Crippen MR) is 120 cm³/mol. The topological polar surface area (TPSA) is 38.0 Å². The molecule has 1 aliphatic heterocycles. The first-order valence-electron chi connectivity index (χ1n) is 9.20. The molecule has 0 unspecified atom stereocenters. The average molecular weight is 429 g/mol. The maximum atomic E-state index is 2.58. The lowest BCUT2D eigenvalue weighted by Gasteiger charge is -2.28. The minimum absolute atomic E-state index is 0. The summed E-state index contributed by atoms with van der Waals surface area (Å²) in [7, 11) is 4.30. The number of benzene rings is 2. The van der Waals surface area contributed by atoms with Crippen LogP contribution >= 0.6 is 17.0 Å². The van der Waals surface area contributed by atoms with Gasteiger partial charge in [0.2, 0.25) is 0 Å². The highest BCUT2D eigenvalue weighted by molar-refractivity contribution is 8.93. The second-order valence-corrected chi connectivity index (χ2v) is 7.27. The van der Waals surface area contributed by atoms with E-state index in [1.807, 2.05) is 0 Å². The van der Waals surface area contributed by atoms with Gasteiger partial charge in [0.25, 0.3) is 0 Å². The monoisotopic (exact) mass is 428 g/mol. The summed E-state index contributed by atoms with van der Waals surface area (Å²) in [4.78, 5) is 4.85. The molecule has 0 saturated heterocycles. The smallest absolute Gasteiger partial charge is 0.0249 e. The van der Waals surface area contributed by atoms with Crippen LogP contribution in [-0.2, 0) is 0 Å². The lowest BCUT2D eigenvalue weighted by molar-refractivity contribution is 0.294. The number of rotatable bonds is 5. The molecule has 0 atom stereocenters. The van der Waals surface area contributed by atoms with E-state index in [0.29, 0.717) is 0 Å². The summed E-state index contributed by atoms with van der Waals surface area (Å²) in [6, 6.07) is 19.7. The van der Waals surface area contributed by atoms with E-state index in [-0.39, 0.29) is 22.5 Å². The van der Waals surface area contributed by atoms with Crippen LogP contribution in [0.25, 0.3) is 11.1 Å². The fourth-order valence-corrected chi connectivity index (χ4v) is 4.02. The zero-order valence-corrected chi connectivity index (χ0v) is 17.8. The zero-order valence-electron chi connectivity index (χ0n) is 16.1. The van der Waals surface area contributed by atoms with Crippen molar-refractivity contribution in [1.29, 1.82) is 0 Å². The minimum Gasteiger partial charge on any atom is -0.412 e. The van der Waals surface area contributed by atoms with E-state index in [0.717, 1.165) is 26.2 Å².